The fourth-order valence-corrected chi connectivity index (χ4v) is 30.5. The monoisotopic (exact) mass is 893 g/mol. The molecule has 305 valence electrons. The molecule has 0 radical (unpaired) electrons. The third-order valence-electron chi connectivity index (χ3n) is 12.5. The summed E-state index contributed by atoms with van der Waals surface area (Å²) in [7, 11) is 18.0. The van der Waals surface area contributed by atoms with Crippen molar-refractivity contribution in [2.75, 3.05) is 0 Å². The van der Waals surface area contributed by atoms with Crippen LogP contribution >= 0.6 is 17.0 Å². The second kappa shape index (κ2) is 19.5. The van der Waals surface area contributed by atoms with Crippen molar-refractivity contribution >= 4 is 45.5 Å². The van der Waals surface area contributed by atoms with Gasteiger partial charge >= 0.3 is 359 Å². The summed E-state index contributed by atoms with van der Waals surface area (Å²) in [5.74, 6) is -0.357. The van der Waals surface area contributed by atoms with Crippen LogP contribution in [0.2, 0.25) is 0 Å². The molecule has 0 aromatic heterocycles. The van der Waals surface area contributed by atoms with Crippen LogP contribution in [0, 0.1) is 0 Å². The van der Waals surface area contributed by atoms with Crippen molar-refractivity contribution in [1.82, 2.24) is 10.5 Å². The number of carbonyl (C=O) groups is 2. The first-order chi connectivity index (χ1) is 28.0. The van der Waals surface area contributed by atoms with Crippen molar-refractivity contribution in [2.24, 2.45) is 0 Å². The Balaban J connectivity index is 1.71. The SMILES string of the molecule is CCCCC1=Cc2c(-c3ccccc3CCC)cccc2[CH]1[Zr]([Cl])([Cl])([B](NC(=O)CC)NC(=O)CC)[CH]1C(CCCC)=Cc2c(-c3ccccc3CCC)cccc21. The molecule has 2 aliphatic rings. The molecule has 4 aromatic rings. The maximum absolute atomic E-state index is 13.8. The zero-order valence-electron chi connectivity index (χ0n) is 35.5. The molecule has 2 unspecified atom stereocenters. The number of carbonyl (C=O) groups excluding carboxylic acids is 2. The van der Waals surface area contributed by atoms with Crippen molar-refractivity contribution in [3.63, 3.8) is 0 Å². The zero-order chi connectivity index (χ0) is 41.5. The molecule has 2 N–H and O–H groups in total. The summed E-state index contributed by atoms with van der Waals surface area (Å²) in [5, 5.41) is 6.66. The summed E-state index contributed by atoms with van der Waals surface area (Å²) < 4.78 is -1.68. The van der Waals surface area contributed by atoms with Crippen LogP contribution in [0.25, 0.3) is 34.4 Å². The van der Waals surface area contributed by atoms with Gasteiger partial charge in [0, 0.05) is 0 Å². The number of benzene rings is 4. The van der Waals surface area contributed by atoms with Crippen molar-refractivity contribution in [3.8, 4) is 22.3 Å². The van der Waals surface area contributed by atoms with Crippen LogP contribution in [0.15, 0.2) is 96.1 Å². The van der Waals surface area contributed by atoms with E-state index in [1.807, 2.05) is 13.8 Å². The molecule has 0 saturated carbocycles. The number of halogens is 2. The fraction of sp³-hybridized carbons (Fsp3) is 0.400. The predicted molar refractivity (Wildman–Crippen MR) is 247 cm³/mol. The summed E-state index contributed by atoms with van der Waals surface area (Å²) in [4.78, 5) is 27.6. The van der Waals surface area contributed by atoms with Gasteiger partial charge in [-0.2, -0.15) is 0 Å². The van der Waals surface area contributed by atoms with Crippen LogP contribution in [0.5, 0.6) is 0 Å². The topological polar surface area (TPSA) is 58.2 Å². The molecule has 0 fully saturated rings. The molecule has 0 aliphatic heterocycles. The number of hydrogen-bond acceptors (Lipinski definition) is 2. The van der Waals surface area contributed by atoms with Gasteiger partial charge in [0.05, 0.1) is 0 Å². The van der Waals surface area contributed by atoms with Gasteiger partial charge in [0.15, 0.2) is 0 Å². The van der Waals surface area contributed by atoms with E-state index in [9.17, 15) is 9.59 Å². The molecule has 0 bridgehead atoms. The van der Waals surface area contributed by atoms with E-state index in [2.05, 4.69) is 135 Å². The van der Waals surface area contributed by atoms with Gasteiger partial charge in [-0.3, -0.25) is 0 Å². The third kappa shape index (κ3) is 8.55. The van der Waals surface area contributed by atoms with Crippen LogP contribution in [-0.4, -0.2) is 16.3 Å². The van der Waals surface area contributed by atoms with E-state index in [0.29, 0.717) is 0 Å². The van der Waals surface area contributed by atoms with Gasteiger partial charge in [0.2, 0.25) is 0 Å². The Labute approximate surface area is 356 Å². The van der Waals surface area contributed by atoms with E-state index < -0.39 is 20.7 Å². The van der Waals surface area contributed by atoms with E-state index in [1.54, 1.807) is 0 Å². The second-order valence-corrected chi connectivity index (χ2v) is 37.9. The molecule has 0 saturated heterocycles. The molecule has 4 aromatic carbocycles. The number of hydrogen-bond donors (Lipinski definition) is 2. The molecule has 0 heterocycles. The normalized spacial score (nSPS) is 16.4. The number of fused-ring (bicyclic) bond motifs is 2. The van der Waals surface area contributed by atoms with E-state index in [0.717, 1.165) is 86.5 Å². The molecular formula is C50H62BCl2N2O2Zr. The Morgan fingerprint density at radius 3 is 1.31 bits per heavy atom. The Kier molecular flexibility index (Phi) is 14.9. The van der Waals surface area contributed by atoms with E-state index in [-0.39, 0.29) is 31.9 Å². The van der Waals surface area contributed by atoms with Crippen molar-refractivity contribution in [3.05, 3.63) is 129 Å². The number of allylic oxidation sites excluding steroid dienone is 2. The first-order valence-corrected chi connectivity index (χ1v) is 32.6. The Bertz CT molecular complexity index is 2050. The van der Waals surface area contributed by atoms with Crippen molar-refractivity contribution in [2.45, 2.75) is 126 Å². The van der Waals surface area contributed by atoms with Gasteiger partial charge < -0.3 is 0 Å². The van der Waals surface area contributed by atoms with Crippen molar-refractivity contribution < 1.29 is 25.8 Å². The number of aryl methyl sites for hydroxylation is 2. The van der Waals surface area contributed by atoms with Crippen molar-refractivity contribution in [1.29, 1.82) is 0 Å². The van der Waals surface area contributed by atoms with E-state index >= 15 is 0 Å². The van der Waals surface area contributed by atoms with Crippen LogP contribution in [0.3, 0.4) is 0 Å². The number of rotatable bonds is 19. The van der Waals surface area contributed by atoms with Gasteiger partial charge in [-0.15, -0.1) is 0 Å². The van der Waals surface area contributed by atoms with E-state index in [4.69, 9.17) is 17.0 Å². The zero-order valence-corrected chi connectivity index (χ0v) is 39.5. The fourth-order valence-electron chi connectivity index (χ4n) is 9.77. The van der Waals surface area contributed by atoms with Crippen LogP contribution in [0.1, 0.15) is 146 Å². The van der Waals surface area contributed by atoms with Crippen LogP contribution in [0.4, 0.5) is 0 Å². The average molecular weight is 896 g/mol. The quantitative estimate of drug-likeness (QED) is 0.0922. The Morgan fingerprint density at radius 2 is 0.931 bits per heavy atom. The molecule has 0 spiro atoms. The number of nitrogens with one attached hydrogen (secondary N) is 2. The molecule has 58 heavy (non-hydrogen) atoms. The van der Waals surface area contributed by atoms with Gasteiger partial charge in [-0.05, 0) is 0 Å². The number of amides is 2. The van der Waals surface area contributed by atoms with Crippen LogP contribution in [-0.2, 0) is 38.6 Å². The first-order valence-electron chi connectivity index (χ1n) is 22.0. The summed E-state index contributed by atoms with van der Waals surface area (Å²) in [6, 6.07) is 30.7. The summed E-state index contributed by atoms with van der Waals surface area (Å²) in [6.07, 6.45) is 14.9. The molecular weight excluding hydrogens is 834 g/mol. The minimum absolute atomic E-state index is 0.179. The molecule has 2 aliphatic carbocycles. The Morgan fingerprint density at radius 1 is 0.534 bits per heavy atom. The summed E-state index contributed by atoms with van der Waals surface area (Å²) >= 11 is -6.02. The summed E-state index contributed by atoms with van der Waals surface area (Å²) in [6.45, 7) is 12.6. The molecule has 6 rings (SSSR count). The average Bonchev–Trinajstić information content (AvgIpc) is 3.82. The minimum atomic E-state index is -6.02. The molecule has 2 atom stereocenters. The standard InChI is InChI=1S/2C22H25.C6H11BN2O2.2ClH.Zr/c2*1-3-5-10-17-15-19-12-8-14-21(22(19)16-17)20-13-7-6-11-18(20)9-4-2;1-3-5(10)8-7-9-6(11)4-2;;;/h2*6-8,11-16H,3-5,9-10H2,1-2H3;3-4H2,1-2H3,(H-,8,9,10,11);2*1H;/q;;;;;+1/p-1. The van der Waals surface area contributed by atoms with Gasteiger partial charge in [0.25, 0.3) is 0 Å². The van der Waals surface area contributed by atoms with Gasteiger partial charge in [-0.25, -0.2) is 0 Å². The molecule has 2 amide bonds. The summed E-state index contributed by atoms with van der Waals surface area (Å²) in [5.41, 5.74) is 14.4. The molecule has 8 heteroatoms. The number of unbranched alkanes of at least 4 members (excludes halogenated alkanes) is 2. The van der Waals surface area contributed by atoms with Gasteiger partial charge in [-0.1, -0.05) is 0 Å². The predicted octanol–water partition coefficient (Wildman–Crippen LogP) is 13.9. The van der Waals surface area contributed by atoms with Crippen LogP contribution < -0.4 is 10.5 Å². The second-order valence-electron chi connectivity index (χ2n) is 16.4. The third-order valence-corrected chi connectivity index (χ3v) is 32.4. The van der Waals surface area contributed by atoms with Gasteiger partial charge in [0.1, 0.15) is 0 Å². The maximum atomic E-state index is 13.8. The Hall–Kier alpha value is -3.17. The first kappa shape index (κ1) is 44.4. The molecule has 4 nitrogen and oxygen atoms in total. The van der Waals surface area contributed by atoms with E-state index in [1.165, 1.54) is 44.5 Å².